The number of nitrogens with zero attached hydrogens (tertiary/aromatic N) is 4. The summed E-state index contributed by atoms with van der Waals surface area (Å²) < 4.78 is 39.0. The predicted molar refractivity (Wildman–Crippen MR) is 114 cm³/mol. The average Bonchev–Trinajstić information content (AvgIpc) is 3.11. The summed E-state index contributed by atoms with van der Waals surface area (Å²) in [7, 11) is -3.84. The maximum absolute atomic E-state index is 13.0. The Morgan fingerprint density at radius 1 is 1.34 bits per heavy atom. The summed E-state index contributed by atoms with van der Waals surface area (Å²) in [6.07, 6.45) is 2.47. The van der Waals surface area contributed by atoms with Gasteiger partial charge in [0.15, 0.2) is 5.76 Å². The van der Waals surface area contributed by atoms with Crippen molar-refractivity contribution in [2.24, 2.45) is 5.92 Å². The van der Waals surface area contributed by atoms with Crippen molar-refractivity contribution in [3.63, 3.8) is 0 Å². The number of esters is 1. The second-order valence-electron chi connectivity index (χ2n) is 7.62. The fourth-order valence-electron chi connectivity index (χ4n) is 3.79. The highest BCUT2D eigenvalue weighted by Crippen LogP contribution is 2.28. The summed E-state index contributed by atoms with van der Waals surface area (Å²) in [6, 6.07) is 4.47. The van der Waals surface area contributed by atoms with E-state index in [4.69, 9.17) is 20.9 Å². The first-order valence-electron chi connectivity index (χ1n) is 9.94. The topological polar surface area (TPSA) is 124 Å². The molecule has 4 rings (SSSR count). The Bertz CT molecular complexity index is 1330. The molecule has 1 unspecified atom stereocenters. The lowest BCUT2D eigenvalue weighted by molar-refractivity contribution is -0.151. The SMILES string of the molecule is Cc1noc(C)c1S(=O)(=O)N1CCCC(C(=O)OCc2cc(=O)n3cc(Cl)ccc3n2)C1. The second-order valence-corrected chi connectivity index (χ2v) is 9.94. The average molecular weight is 481 g/mol. The molecule has 1 aliphatic heterocycles. The molecule has 32 heavy (non-hydrogen) atoms. The first-order valence-corrected chi connectivity index (χ1v) is 11.8. The molecule has 170 valence electrons. The van der Waals surface area contributed by atoms with Crippen LogP contribution in [-0.4, -0.2) is 46.3 Å². The van der Waals surface area contributed by atoms with Crippen molar-refractivity contribution in [2.75, 3.05) is 13.1 Å². The number of ether oxygens (including phenoxy) is 1. The van der Waals surface area contributed by atoms with Crippen LogP contribution in [0.2, 0.25) is 5.02 Å². The molecule has 0 radical (unpaired) electrons. The van der Waals surface area contributed by atoms with E-state index in [2.05, 4.69) is 10.1 Å². The Kier molecular flexibility index (Phi) is 6.06. The lowest BCUT2D eigenvalue weighted by Crippen LogP contribution is -2.43. The van der Waals surface area contributed by atoms with Gasteiger partial charge in [0, 0.05) is 25.4 Å². The minimum atomic E-state index is -3.84. The number of aryl methyl sites for hydroxylation is 2. The fraction of sp³-hybridized carbons (Fsp3) is 0.400. The minimum absolute atomic E-state index is 0.00245. The molecule has 0 aromatic carbocycles. The highest BCUT2D eigenvalue weighted by molar-refractivity contribution is 7.89. The Morgan fingerprint density at radius 2 is 2.12 bits per heavy atom. The molecule has 10 nitrogen and oxygen atoms in total. The van der Waals surface area contributed by atoms with Crippen LogP contribution in [0.4, 0.5) is 0 Å². The second kappa shape index (κ2) is 8.64. The quantitative estimate of drug-likeness (QED) is 0.508. The maximum Gasteiger partial charge on any atom is 0.310 e. The number of carbonyl (C=O) groups is 1. The molecule has 3 aromatic heterocycles. The van der Waals surface area contributed by atoms with Gasteiger partial charge in [0.1, 0.15) is 22.8 Å². The lowest BCUT2D eigenvalue weighted by Gasteiger charge is -2.30. The minimum Gasteiger partial charge on any atom is -0.459 e. The van der Waals surface area contributed by atoms with Crippen molar-refractivity contribution in [2.45, 2.75) is 38.2 Å². The molecule has 0 N–H and O–H groups in total. The van der Waals surface area contributed by atoms with E-state index in [9.17, 15) is 18.0 Å². The van der Waals surface area contributed by atoms with Gasteiger partial charge in [0.25, 0.3) is 5.56 Å². The molecule has 1 atom stereocenters. The number of aromatic nitrogens is 3. The fourth-order valence-corrected chi connectivity index (χ4v) is 5.76. The molecule has 0 aliphatic carbocycles. The molecule has 1 aliphatic rings. The highest BCUT2D eigenvalue weighted by atomic mass is 35.5. The number of piperidine rings is 1. The summed E-state index contributed by atoms with van der Waals surface area (Å²) in [5.74, 6) is -0.955. The first-order chi connectivity index (χ1) is 15.2. The van der Waals surface area contributed by atoms with Crippen LogP contribution in [0.3, 0.4) is 0 Å². The third kappa shape index (κ3) is 4.27. The van der Waals surface area contributed by atoms with Gasteiger partial charge in [-0.25, -0.2) is 13.4 Å². The van der Waals surface area contributed by atoms with Gasteiger partial charge in [-0.1, -0.05) is 16.8 Å². The molecule has 4 heterocycles. The number of halogens is 1. The number of fused-ring (bicyclic) bond motifs is 1. The zero-order valence-electron chi connectivity index (χ0n) is 17.4. The van der Waals surface area contributed by atoms with Gasteiger partial charge in [-0.3, -0.25) is 14.0 Å². The summed E-state index contributed by atoms with van der Waals surface area (Å²) in [5.41, 5.74) is 0.601. The van der Waals surface area contributed by atoms with Gasteiger partial charge >= 0.3 is 5.97 Å². The number of carbonyl (C=O) groups excluding carboxylic acids is 1. The van der Waals surface area contributed by atoms with Crippen LogP contribution in [0.1, 0.15) is 30.0 Å². The molecule has 1 fully saturated rings. The Labute approximate surface area is 188 Å². The van der Waals surface area contributed by atoms with Crippen molar-refractivity contribution in [3.8, 4) is 0 Å². The van der Waals surface area contributed by atoms with E-state index in [0.717, 1.165) is 0 Å². The van der Waals surface area contributed by atoms with Crippen molar-refractivity contribution in [1.82, 2.24) is 18.8 Å². The van der Waals surface area contributed by atoms with Gasteiger partial charge in [-0.05, 0) is 38.8 Å². The summed E-state index contributed by atoms with van der Waals surface area (Å²) in [5, 5.41) is 4.11. The molecular formula is C20H21ClN4O6S. The maximum atomic E-state index is 13.0. The smallest absolute Gasteiger partial charge is 0.310 e. The third-order valence-corrected chi connectivity index (χ3v) is 7.66. The van der Waals surface area contributed by atoms with Gasteiger partial charge in [0.05, 0.1) is 16.6 Å². The van der Waals surface area contributed by atoms with Crippen molar-refractivity contribution >= 4 is 33.2 Å². The van der Waals surface area contributed by atoms with Gasteiger partial charge in [-0.15, -0.1) is 0 Å². The molecule has 0 bridgehead atoms. The van der Waals surface area contributed by atoms with Crippen LogP contribution in [0.5, 0.6) is 0 Å². The van der Waals surface area contributed by atoms with Crippen LogP contribution in [-0.2, 0) is 26.2 Å². The highest BCUT2D eigenvalue weighted by Gasteiger charge is 2.37. The van der Waals surface area contributed by atoms with Crippen molar-refractivity contribution < 1.29 is 22.5 Å². The van der Waals surface area contributed by atoms with E-state index < -0.39 is 21.9 Å². The van der Waals surface area contributed by atoms with Crippen LogP contribution in [0.25, 0.3) is 5.65 Å². The van der Waals surface area contributed by atoms with E-state index in [1.54, 1.807) is 19.1 Å². The number of rotatable bonds is 5. The standard InChI is InChI=1S/C20H21ClN4O6S/c1-12-19(13(2)31-23-12)32(28,29)24-7-3-4-14(9-24)20(27)30-11-16-8-18(26)25-10-15(21)5-6-17(25)22-16/h5-6,8,10,14H,3-4,7,9,11H2,1-2H3. The number of pyridine rings is 1. The summed E-state index contributed by atoms with van der Waals surface area (Å²) in [4.78, 5) is 29.3. The Morgan fingerprint density at radius 3 is 2.84 bits per heavy atom. The molecule has 0 spiro atoms. The number of hydrogen-bond donors (Lipinski definition) is 0. The van der Waals surface area contributed by atoms with Crippen molar-refractivity contribution in [1.29, 1.82) is 0 Å². The molecule has 0 amide bonds. The van der Waals surface area contributed by atoms with Crippen LogP contribution < -0.4 is 5.56 Å². The van der Waals surface area contributed by atoms with Gasteiger partial charge in [0.2, 0.25) is 10.0 Å². The van der Waals surface area contributed by atoms with Gasteiger partial charge in [-0.2, -0.15) is 4.31 Å². The Balaban J connectivity index is 1.46. The zero-order chi connectivity index (χ0) is 23.0. The normalized spacial score (nSPS) is 17.5. The third-order valence-electron chi connectivity index (χ3n) is 5.32. The molecule has 12 heteroatoms. The monoisotopic (exact) mass is 480 g/mol. The van der Waals surface area contributed by atoms with Crippen molar-refractivity contribution in [3.05, 3.63) is 56.9 Å². The van der Waals surface area contributed by atoms with Crippen LogP contribution in [0.15, 0.2) is 38.6 Å². The van der Waals surface area contributed by atoms with E-state index in [1.807, 2.05) is 0 Å². The van der Waals surface area contributed by atoms with E-state index in [-0.39, 0.29) is 35.1 Å². The molecule has 1 saturated heterocycles. The summed E-state index contributed by atoms with van der Waals surface area (Å²) >= 11 is 5.90. The number of sulfonamides is 1. The van der Waals surface area contributed by atoms with Crippen LogP contribution in [0, 0.1) is 19.8 Å². The lowest BCUT2D eigenvalue weighted by atomic mass is 10.00. The predicted octanol–water partition coefficient (Wildman–Crippen LogP) is 2.10. The molecule has 3 aromatic rings. The van der Waals surface area contributed by atoms with E-state index in [1.165, 1.54) is 27.9 Å². The largest absolute Gasteiger partial charge is 0.459 e. The van der Waals surface area contributed by atoms with E-state index in [0.29, 0.717) is 35.8 Å². The Hall–Kier alpha value is -2.76. The van der Waals surface area contributed by atoms with E-state index >= 15 is 0 Å². The van der Waals surface area contributed by atoms with Gasteiger partial charge < -0.3 is 9.26 Å². The first kappa shape index (κ1) is 22.4. The number of hydrogen-bond acceptors (Lipinski definition) is 8. The molecule has 0 saturated carbocycles. The summed E-state index contributed by atoms with van der Waals surface area (Å²) in [6.45, 7) is 3.20. The zero-order valence-corrected chi connectivity index (χ0v) is 19.0. The molecular weight excluding hydrogens is 460 g/mol. The van der Waals surface area contributed by atoms with Crippen LogP contribution >= 0.6 is 11.6 Å².